The van der Waals surface area contributed by atoms with Gasteiger partial charge in [-0.3, -0.25) is 0 Å². The van der Waals surface area contributed by atoms with E-state index in [0.717, 1.165) is 16.8 Å². The van der Waals surface area contributed by atoms with E-state index in [2.05, 4.69) is 31.1 Å². The first-order chi connectivity index (χ1) is 9.31. The first kappa shape index (κ1) is 15.1. The van der Waals surface area contributed by atoms with Crippen LogP contribution in [0, 0.1) is 11.6 Å². The first-order valence-electron chi connectivity index (χ1n) is 6.40. The van der Waals surface area contributed by atoms with Crippen molar-refractivity contribution in [2.45, 2.75) is 32.2 Å². The molecule has 0 radical (unpaired) electrons. The Balaban J connectivity index is 2.39. The number of hydrogen-bond acceptors (Lipinski definition) is 3. The second-order valence-electron chi connectivity index (χ2n) is 5.75. The van der Waals surface area contributed by atoms with Crippen LogP contribution in [0.5, 0.6) is 0 Å². The van der Waals surface area contributed by atoms with Gasteiger partial charge in [0.15, 0.2) is 0 Å². The Morgan fingerprint density at radius 1 is 1.15 bits per heavy atom. The third kappa shape index (κ3) is 3.22. The zero-order valence-corrected chi connectivity index (χ0v) is 12.8. The van der Waals surface area contributed by atoms with Crippen LogP contribution < -0.4 is 5.32 Å². The minimum atomic E-state index is -0.576. The summed E-state index contributed by atoms with van der Waals surface area (Å²) in [4.78, 5) is 4.60. The number of benzene rings is 1. The lowest BCUT2D eigenvalue weighted by atomic mass is 9.93. The van der Waals surface area contributed by atoms with Crippen molar-refractivity contribution in [3.05, 3.63) is 51.5 Å². The van der Waals surface area contributed by atoms with E-state index in [9.17, 15) is 8.78 Å². The van der Waals surface area contributed by atoms with Crippen molar-refractivity contribution in [3.8, 4) is 0 Å². The maximum Gasteiger partial charge on any atom is 0.126 e. The SMILES string of the molecule is CNC(c1cc(F)cc(F)c1)c1nc(C(C)(C)C)cs1. The summed E-state index contributed by atoms with van der Waals surface area (Å²) in [5.74, 6) is -1.15. The number of halogens is 2. The molecule has 0 aliphatic carbocycles. The Hall–Kier alpha value is -1.33. The van der Waals surface area contributed by atoms with E-state index < -0.39 is 11.6 Å². The van der Waals surface area contributed by atoms with E-state index in [1.54, 1.807) is 7.05 Å². The maximum atomic E-state index is 13.4. The molecule has 0 amide bonds. The summed E-state index contributed by atoms with van der Waals surface area (Å²) in [5, 5.41) is 5.87. The molecule has 2 aromatic rings. The van der Waals surface area contributed by atoms with Gasteiger partial charge in [-0.15, -0.1) is 11.3 Å². The van der Waals surface area contributed by atoms with Crippen LogP contribution in [0.1, 0.15) is 43.1 Å². The summed E-state index contributed by atoms with van der Waals surface area (Å²) in [5.41, 5.74) is 1.48. The standard InChI is InChI=1S/C15H18F2N2S/c1-15(2,3)12-8-20-14(19-12)13(18-4)9-5-10(16)7-11(17)6-9/h5-8,13,18H,1-4H3. The largest absolute Gasteiger partial charge is 0.307 e. The Kier molecular flexibility index (Phi) is 4.20. The average Bonchev–Trinajstić information content (AvgIpc) is 2.77. The minimum Gasteiger partial charge on any atom is -0.307 e. The highest BCUT2D eigenvalue weighted by Crippen LogP contribution is 2.30. The molecule has 0 bridgehead atoms. The number of aromatic nitrogens is 1. The molecule has 1 heterocycles. The summed E-state index contributed by atoms with van der Waals surface area (Å²) in [7, 11) is 1.76. The van der Waals surface area contributed by atoms with Crippen molar-refractivity contribution in [1.82, 2.24) is 10.3 Å². The van der Waals surface area contributed by atoms with Crippen LogP contribution in [0.2, 0.25) is 0 Å². The van der Waals surface area contributed by atoms with Gasteiger partial charge < -0.3 is 5.32 Å². The van der Waals surface area contributed by atoms with Gasteiger partial charge in [-0.25, -0.2) is 13.8 Å². The van der Waals surface area contributed by atoms with E-state index in [1.165, 1.54) is 23.5 Å². The Morgan fingerprint density at radius 3 is 2.20 bits per heavy atom. The van der Waals surface area contributed by atoms with Gasteiger partial charge in [0, 0.05) is 16.9 Å². The highest BCUT2D eigenvalue weighted by atomic mass is 32.1. The number of rotatable bonds is 3. The van der Waals surface area contributed by atoms with Crippen LogP contribution in [0.3, 0.4) is 0 Å². The highest BCUT2D eigenvalue weighted by molar-refractivity contribution is 7.09. The minimum absolute atomic E-state index is 0.0414. The van der Waals surface area contributed by atoms with Gasteiger partial charge in [0.25, 0.3) is 0 Å². The molecule has 0 aliphatic rings. The second kappa shape index (κ2) is 5.58. The lowest BCUT2D eigenvalue weighted by Gasteiger charge is -2.16. The summed E-state index contributed by atoms with van der Waals surface area (Å²) in [6.07, 6.45) is 0. The monoisotopic (exact) mass is 296 g/mol. The quantitative estimate of drug-likeness (QED) is 0.925. The molecule has 1 aromatic carbocycles. The molecular weight excluding hydrogens is 278 g/mol. The Labute approximate surface area is 121 Å². The molecule has 20 heavy (non-hydrogen) atoms. The second-order valence-corrected chi connectivity index (χ2v) is 6.64. The van der Waals surface area contributed by atoms with Gasteiger partial charge in [-0.1, -0.05) is 20.8 Å². The van der Waals surface area contributed by atoms with E-state index in [1.807, 2.05) is 5.38 Å². The molecular formula is C15H18F2N2S. The van der Waals surface area contributed by atoms with Gasteiger partial charge in [0.2, 0.25) is 0 Å². The lowest BCUT2D eigenvalue weighted by Crippen LogP contribution is -2.19. The maximum absolute atomic E-state index is 13.4. The summed E-state index contributed by atoms with van der Waals surface area (Å²) >= 11 is 1.50. The van der Waals surface area contributed by atoms with Crippen molar-refractivity contribution >= 4 is 11.3 Å². The predicted octanol–water partition coefficient (Wildman–Crippen LogP) is 4.03. The topological polar surface area (TPSA) is 24.9 Å². The third-order valence-corrected chi connectivity index (χ3v) is 3.95. The van der Waals surface area contributed by atoms with Crippen molar-refractivity contribution in [2.75, 3.05) is 7.05 Å². The molecule has 1 aromatic heterocycles. The third-order valence-electron chi connectivity index (χ3n) is 3.04. The summed E-state index contributed by atoms with van der Waals surface area (Å²) in [6.45, 7) is 6.26. The molecule has 0 saturated carbocycles. The zero-order chi connectivity index (χ0) is 14.9. The first-order valence-corrected chi connectivity index (χ1v) is 7.28. The molecule has 0 saturated heterocycles. The van der Waals surface area contributed by atoms with E-state index in [0.29, 0.717) is 5.56 Å². The Morgan fingerprint density at radius 2 is 1.75 bits per heavy atom. The van der Waals surface area contributed by atoms with Gasteiger partial charge in [0.1, 0.15) is 16.6 Å². The van der Waals surface area contributed by atoms with Crippen molar-refractivity contribution in [1.29, 1.82) is 0 Å². The molecule has 2 rings (SSSR count). The molecule has 0 spiro atoms. The molecule has 1 N–H and O–H groups in total. The Bertz CT molecular complexity index is 582. The highest BCUT2D eigenvalue weighted by Gasteiger charge is 2.22. The van der Waals surface area contributed by atoms with E-state index in [4.69, 9.17) is 0 Å². The van der Waals surface area contributed by atoms with Crippen molar-refractivity contribution < 1.29 is 8.78 Å². The fourth-order valence-electron chi connectivity index (χ4n) is 1.94. The van der Waals surface area contributed by atoms with Gasteiger partial charge >= 0.3 is 0 Å². The lowest BCUT2D eigenvalue weighted by molar-refractivity contribution is 0.560. The molecule has 1 unspecified atom stereocenters. The molecule has 5 heteroatoms. The number of nitrogens with zero attached hydrogens (tertiary/aromatic N) is 1. The molecule has 1 atom stereocenters. The van der Waals surface area contributed by atoms with Crippen LogP contribution in [0.15, 0.2) is 23.6 Å². The normalized spacial score (nSPS) is 13.5. The van der Waals surface area contributed by atoms with Crippen molar-refractivity contribution in [3.63, 3.8) is 0 Å². The van der Waals surface area contributed by atoms with Gasteiger partial charge in [-0.05, 0) is 24.7 Å². The summed E-state index contributed by atoms with van der Waals surface area (Å²) < 4.78 is 26.7. The van der Waals surface area contributed by atoms with Crippen LogP contribution in [-0.4, -0.2) is 12.0 Å². The van der Waals surface area contributed by atoms with Crippen LogP contribution in [0.25, 0.3) is 0 Å². The van der Waals surface area contributed by atoms with E-state index in [-0.39, 0.29) is 11.5 Å². The zero-order valence-electron chi connectivity index (χ0n) is 12.0. The molecule has 2 nitrogen and oxygen atoms in total. The average molecular weight is 296 g/mol. The molecule has 0 fully saturated rings. The van der Waals surface area contributed by atoms with Crippen LogP contribution >= 0.6 is 11.3 Å². The van der Waals surface area contributed by atoms with Gasteiger partial charge in [-0.2, -0.15) is 0 Å². The number of thiazole rings is 1. The van der Waals surface area contributed by atoms with E-state index >= 15 is 0 Å². The predicted molar refractivity (Wildman–Crippen MR) is 78.1 cm³/mol. The number of nitrogens with one attached hydrogen (secondary N) is 1. The fraction of sp³-hybridized carbons (Fsp3) is 0.400. The molecule has 0 aliphatic heterocycles. The van der Waals surface area contributed by atoms with Gasteiger partial charge in [0.05, 0.1) is 11.7 Å². The fourth-order valence-corrected chi connectivity index (χ4v) is 3.12. The molecule has 108 valence electrons. The summed E-state index contributed by atoms with van der Waals surface area (Å²) in [6, 6.07) is 3.24. The van der Waals surface area contributed by atoms with Crippen LogP contribution in [0.4, 0.5) is 8.78 Å². The van der Waals surface area contributed by atoms with Crippen molar-refractivity contribution in [2.24, 2.45) is 0 Å². The number of hydrogen-bond donors (Lipinski definition) is 1. The smallest absolute Gasteiger partial charge is 0.126 e. The van der Waals surface area contributed by atoms with Crippen LogP contribution in [-0.2, 0) is 5.41 Å².